The van der Waals surface area contributed by atoms with E-state index in [1.807, 2.05) is 14.1 Å². The number of carbonyl (C=O) groups is 1. The molecule has 1 amide bonds. The molecule has 4 N–H and O–H groups in total. The van der Waals surface area contributed by atoms with E-state index in [2.05, 4.69) is 25.3 Å². The summed E-state index contributed by atoms with van der Waals surface area (Å²) in [4.78, 5) is 24.2. The summed E-state index contributed by atoms with van der Waals surface area (Å²) in [6.45, 7) is 1.57. The lowest BCUT2D eigenvalue weighted by molar-refractivity contribution is 0.0956. The molecule has 0 saturated carbocycles. The van der Waals surface area contributed by atoms with Crippen molar-refractivity contribution in [2.24, 2.45) is 5.16 Å². The summed E-state index contributed by atoms with van der Waals surface area (Å²) in [5.74, 6) is 0.971. The van der Waals surface area contributed by atoms with E-state index in [4.69, 9.17) is 15.2 Å². The Hall–Kier alpha value is -3.44. The van der Waals surface area contributed by atoms with Crippen LogP contribution < -0.4 is 20.5 Å². The van der Waals surface area contributed by atoms with Crippen LogP contribution in [0, 0.1) is 0 Å². The second kappa shape index (κ2) is 8.74. The fraction of sp³-hybridized carbons (Fsp3) is 0.300. The summed E-state index contributed by atoms with van der Waals surface area (Å²) in [7, 11) is 3.97. The molecule has 2 aromatic heterocycles. The molecule has 162 valence electrons. The SMILES string of the molecule is CN(C)CCCNC(=O)c1cc2c(C(=NO)c3ccc4c(c3)OCO4)nc(N)nc2s1. The quantitative estimate of drug-likeness (QED) is 0.219. The van der Waals surface area contributed by atoms with Gasteiger partial charge in [0.15, 0.2) is 11.5 Å². The van der Waals surface area contributed by atoms with Gasteiger partial charge in [-0.1, -0.05) is 5.16 Å². The molecule has 3 aromatic rings. The summed E-state index contributed by atoms with van der Waals surface area (Å²) in [6, 6.07) is 6.85. The molecule has 0 radical (unpaired) electrons. The Labute approximate surface area is 182 Å². The van der Waals surface area contributed by atoms with Crippen molar-refractivity contribution in [2.45, 2.75) is 6.42 Å². The summed E-state index contributed by atoms with van der Waals surface area (Å²) in [5.41, 5.74) is 6.97. The molecular weight excluding hydrogens is 420 g/mol. The van der Waals surface area contributed by atoms with Gasteiger partial charge < -0.3 is 30.6 Å². The number of hydrogen-bond acceptors (Lipinski definition) is 10. The minimum atomic E-state index is -0.197. The van der Waals surface area contributed by atoms with Crippen LogP contribution in [0.3, 0.4) is 0 Å². The first kappa shape index (κ1) is 20.8. The largest absolute Gasteiger partial charge is 0.454 e. The molecule has 0 fully saturated rings. The molecular formula is C20H22N6O4S. The lowest BCUT2D eigenvalue weighted by Gasteiger charge is -2.09. The van der Waals surface area contributed by atoms with Crippen LogP contribution in [0.5, 0.6) is 11.5 Å². The number of carbonyl (C=O) groups excluding carboxylic acids is 1. The van der Waals surface area contributed by atoms with Crippen LogP contribution in [0.1, 0.15) is 27.3 Å². The second-order valence-electron chi connectivity index (χ2n) is 7.19. The van der Waals surface area contributed by atoms with Gasteiger partial charge in [-0.2, -0.15) is 0 Å². The average molecular weight is 443 g/mol. The van der Waals surface area contributed by atoms with Gasteiger partial charge in [0.25, 0.3) is 5.91 Å². The van der Waals surface area contributed by atoms with E-state index in [1.54, 1.807) is 24.3 Å². The Bertz CT molecular complexity index is 1160. The molecule has 11 heteroatoms. The maximum absolute atomic E-state index is 12.6. The standard InChI is InChI=1S/C20H22N6O4S/c1-26(2)7-3-6-22-18(27)15-9-12-17(23-20(21)24-19(12)31-15)16(25-28)11-4-5-13-14(8-11)30-10-29-13/h4-5,8-9,28H,3,6-7,10H2,1-2H3,(H,22,27)(H2,21,23,24). The highest BCUT2D eigenvalue weighted by Crippen LogP contribution is 2.34. The summed E-state index contributed by atoms with van der Waals surface area (Å²) < 4.78 is 10.7. The van der Waals surface area contributed by atoms with Crippen LogP contribution in [0.2, 0.25) is 0 Å². The Morgan fingerprint density at radius 2 is 2.10 bits per heavy atom. The number of amides is 1. The van der Waals surface area contributed by atoms with Gasteiger partial charge >= 0.3 is 0 Å². The monoisotopic (exact) mass is 442 g/mol. The molecule has 10 nitrogen and oxygen atoms in total. The van der Waals surface area contributed by atoms with Crippen molar-refractivity contribution in [1.82, 2.24) is 20.2 Å². The van der Waals surface area contributed by atoms with E-state index < -0.39 is 0 Å². The number of ether oxygens (including phenoxy) is 2. The van der Waals surface area contributed by atoms with Gasteiger partial charge in [0.1, 0.15) is 16.2 Å². The number of thiophene rings is 1. The third-order valence-electron chi connectivity index (χ3n) is 4.67. The highest BCUT2D eigenvalue weighted by atomic mass is 32.1. The predicted molar refractivity (Wildman–Crippen MR) is 117 cm³/mol. The molecule has 4 rings (SSSR count). The third-order valence-corrected chi connectivity index (χ3v) is 5.70. The number of nitrogen functional groups attached to an aromatic ring is 1. The number of nitrogens with zero attached hydrogens (tertiary/aromatic N) is 4. The highest BCUT2D eigenvalue weighted by Gasteiger charge is 2.22. The normalized spacial score (nSPS) is 13.2. The van der Waals surface area contributed by atoms with Crippen molar-refractivity contribution < 1.29 is 19.5 Å². The minimum absolute atomic E-state index is 0.0178. The van der Waals surface area contributed by atoms with Crippen molar-refractivity contribution in [1.29, 1.82) is 0 Å². The minimum Gasteiger partial charge on any atom is -0.454 e. The van der Waals surface area contributed by atoms with Gasteiger partial charge in [-0.15, -0.1) is 11.3 Å². The Balaban J connectivity index is 1.65. The molecule has 0 saturated heterocycles. The van der Waals surface area contributed by atoms with E-state index in [0.29, 0.717) is 44.4 Å². The molecule has 1 aliphatic rings. The fourth-order valence-corrected chi connectivity index (χ4v) is 4.15. The van der Waals surface area contributed by atoms with Crippen molar-refractivity contribution in [2.75, 3.05) is 39.7 Å². The summed E-state index contributed by atoms with van der Waals surface area (Å²) in [6.07, 6.45) is 0.840. The van der Waals surface area contributed by atoms with Crippen LogP contribution in [0.15, 0.2) is 29.4 Å². The molecule has 31 heavy (non-hydrogen) atoms. The molecule has 1 aromatic carbocycles. The number of rotatable bonds is 7. The first-order chi connectivity index (χ1) is 15.0. The van der Waals surface area contributed by atoms with Crippen LogP contribution >= 0.6 is 11.3 Å². The molecule has 3 heterocycles. The van der Waals surface area contributed by atoms with Gasteiger partial charge in [-0.3, -0.25) is 4.79 Å². The molecule has 1 aliphatic heterocycles. The van der Waals surface area contributed by atoms with Crippen LogP contribution in [0.25, 0.3) is 10.2 Å². The van der Waals surface area contributed by atoms with E-state index in [1.165, 1.54) is 11.3 Å². The molecule has 0 spiro atoms. The van der Waals surface area contributed by atoms with Crippen LogP contribution in [0.4, 0.5) is 5.95 Å². The summed E-state index contributed by atoms with van der Waals surface area (Å²) in [5, 5.41) is 16.7. The molecule has 0 unspecified atom stereocenters. The van der Waals surface area contributed by atoms with Crippen molar-refractivity contribution in [3.05, 3.63) is 40.4 Å². The van der Waals surface area contributed by atoms with Gasteiger partial charge in [0, 0.05) is 17.5 Å². The number of anilines is 1. The van der Waals surface area contributed by atoms with E-state index in [0.717, 1.165) is 13.0 Å². The van der Waals surface area contributed by atoms with Crippen molar-refractivity contribution in [3.8, 4) is 11.5 Å². The first-order valence-electron chi connectivity index (χ1n) is 9.58. The number of hydrogen-bond donors (Lipinski definition) is 3. The molecule has 0 atom stereocenters. The number of fused-ring (bicyclic) bond motifs is 2. The lowest BCUT2D eigenvalue weighted by Crippen LogP contribution is -2.26. The molecule has 0 bridgehead atoms. The Kier molecular flexibility index (Phi) is 5.87. The van der Waals surface area contributed by atoms with E-state index >= 15 is 0 Å². The lowest BCUT2D eigenvalue weighted by atomic mass is 10.0. The average Bonchev–Trinajstić information content (AvgIpc) is 3.37. The first-order valence-corrected chi connectivity index (χ1v) is 10.4. The fourth-order valence-electron chi connectivity index (χ4n) is 3.20. The van der Waals surface area contributed by atoms with E-state index in [9.17, 15) is 10.0 Å². The van der Waals surface area contributed by atoms with Gasteiger partial charge in [-0.05, 0) is 51.3 Å². The van der Waals surface area contributed by atoms with Crippen LogP contribution in [-0.2, 0) is 0 Å². The maximum atomic E-state index is 12.6. The second-order valence-corrected chi connectivity index (χ2v) is 8.22. The van der Waals surface area contributed by atoms with Crippen LogP contribution in [-0.4, -0.2) is 65.7 Å². The number of benzene rings is 1. The zero-order valence-corrected chi connectivity index (χ0v) is 17.9. The third kappa shape index (κ3) is 4.37. The summed E-state index contributed by atoms with van der Waals surface area (Å²) >= 11 is 1.21. The number of nitrogens with one attached hydrogen (secondary N) is 1. The molecule has 0 aliphatic carbocycles. The number of oxime groups is 1. The van der Waals surface area contributed by atoms with Gasteiger partial charge in [0.2, 0.25) is 12.7 Å². The topological polar surface area (TPSA) is 135 Å². The van der Waals surface area contributed by atoms with Crippen molar-refractivity contribution >= 4 is 39.1 Å². The zero-order valence-electron chi connectivity index (χ0n) is 17.1. The van der Waals surface area contributed by atoms with E-state index in [-0.39, 0.29) is 24.4 Å². The highest BCUT2D eigenvalue weighted by molar-refractivity contribution is 7.20. The number of nitrogens with two attached hydrogens (primary N) is 1. The smallest absolute Gasteiger partial charge is 0.261 e. The van der Waals surface area contributed by atoms with Gasteiger partial charge in [0.05, 0.1) is 4.88 Å². The maximum Gasteiger partial charge on any atom is 0.261 e. The van der Waals surface area contributed by atoms with Crippen molar-refractivity contribution in [3.63, 3.8) is 0 Å². The Morgan fingerprint density at radius 1 is 1.29 bits per heavy atom. The zero-order chi connectivity index (χ0) is 22.0. The predicted octanol–water partition coefficient (Wildman–Crippen LogP) is 1.91. The Morgan fingerprint density at radius 3 is 2.87 bits per heavy atom. The number of aromatic nitrogens is 2. The van der Waals surface area contributed by atoms with Gasteiger partial charge in [-0.25, -0.2) is 9.97 Å².